The molecule has 1 amide bonds. The zero-order valence-electron chi connectivity index (χ0n) is 14.0. The fraction of sp³-hybridized carbons (Fsp3) is 0.222. The molecule has 1 heterocycles. The van der Waals surface area contributed by atoms with Crippen LogP contribution in [-0.2, 0) is 14.8 Å². The quantitative estimate of drug-likeness (QED) is 0.810. The van der Waals surface area contributed by atoms with Crippen molar-refractivity contribution in [3.05, 3.63) is 59.9 Å². The summed E-state index contributed by atoms with van der Waals surface area (Å²) in [5, 5.41) is 0. The smallest absolute Gasteiger partial charge is 0.240 e. The summed E-state index contributed by atoms with van der Waals surface area (Å²) in [5.74, 6) is -0.908. The zero-order chi connectivity index (χ0) is 18.9. The highest BCUT2D eigenvalue weighted by atomic mass is 32.2. The number of sulfonamides is 1. The summed E-state index contributed by atoms with van der Waals surface area (Å²) in [6.07, 6.45) is -0.0126. The fourth-order valence-electron chi connectivity index (χ4n) is 2.84. The molecule has 2 aromatic carbocycles. The van der Waals surface area contributed by atoms with E-state index in [1.54, 1.807) is 6.07 Å². The number of nitrogens with zero attached hydrogens (tertiary/aromatic N) is 1. The van der Waals surface area contributed by atoms with E-state index in [2.05, 4.69) is 4.72 Å². The van der Waals surface area contributed by atoms with Crippen molar-refractivity contribution in [1.82, 2.24) is 4.72 Å². The molecule has 1 fully saturated rings. The summed E-state index contributed by atoms with van der Waals surface area (Å²) in [4.78, 5) is 24.8. The number of hydrogen-bond donors (Lipinski definition) is 1. The van der Waals surface area contributed by atoms with Crippen molar-refractivity contribution in [3.63, 3.8) is 0 Å². The molecule has 0 radical (unpaired) electrons. The van der Waals surface area contributed by atoms with Crippen LogP contribution < -0.4 is 9.62 Å². The molecule has 1 N–H and O–H groups in total. The van der Waals surface area contributed by atoms with E-state index in [0.717, 1.165) is 0 Å². The van der Waals surface area contributed by atoms with Gasteiger partial charge in [0, 0.05) is 30.3 Å². The van der Waals surface area contributed by atoms with Crippen molar-refractivity contribution in [1.29, 1.82) is 0 Å². The van der Waals surface area contributed by atoms with Crippen LogP contribution in [-0.4, -0.2) is 32.7 Å². The zero-order valence-corrected chi connectivity index (χ0v) is 14.8. The molecule has 2 aromatic rings. The molecule has 0 aliphatic carbocycles. The van der Waals surface area contributed by atoms with Gasteiger partial charge in [0.1, 0.15) is 5.82 Å². The Labute approximate surface area is 150 Å². The van der Waals surface area contributed by atoms with Crippen LogP contribution >= 0.6 is 0 Å². The van der Waals surface area contributed by atoms with Crippen LogP contribution in [0.1, 0.15) is 23.7 Å². The van der Waals surface area contributed by atoms with Gasteiger partial charge in [-0.1, -0.05) is 18.2 Å². The summed E-state index contributed by atoms with van der Waals surface area (Å²) >= 11 is 0. The Balaban J connectivity index is 1.74. The molecule has 0 unspecified atom stereocenters. The third kappa shape index (κ3) is 3.81. The number of rotatable bonds is 5. The first-order valence-electron chi connectivity index (χ1n) is 7.95. The number of anilines is 1. The minimum Gasteiger partial charge on any atom is -0.311 e. The molecule has 0 aromatic heterocycles. The third-order valence-corrected chi connectivity index (χ3v) is 5.67. The van der Waals surface area contributed by atoms with Gasteiger partial charge in [0.2, 0.25) is 15.9 Å². The van der Waals surface area contributed by atoms with Crippen LogP contribution in [0, 0.1) is 5.82 Å². The molecule has 1 saturated heterocycles. The van der Waals surface area contributed by atoms with Crippen molar-refractivity contribution in [3.8, 4) is 0 Å². The highest BCUT2D eigenvalue weighted by molar-refractivity contribution is 7.89. The summed E-state index contributed by atoms with van der Waals surface area (Å²) in [5.41, 5.74) is 0.805. The second-order valence-corrected chi connectivity index (χ2v) is 7.80. The van der Waals surface area contributed by atoms with E-state index >= 15 is 0 Å². The van der Waals surface area contributed by atoms with Crippen LogP contribution in [0.2, 0.25) is 0 Å². The molecule has 1 atom stereocenters. The molecule has 3 rings (SSSR count). The first-order chi connectivity index (χ1) is 12.3. The maximum absolute atomic E-state index is 13.4. The second kappa shape index (κ2) is 6.97. The molecule has 0 bridgehead atoms. The van der Waals surface area contributed by atoms with E-state index in [9.17, 15) is 22.4 Å². The molecular weight excluding hydrogens is 359 g/mol. The second-order valence-electron chi connectivity index (χ2n) is 6.09. The van der Waals surface area contributed by atoms with Crippen molar-refractivity contribution in [2.45, 2.75) is 24.3 Å². The van der Waals surface area contributed by atoms with Gasteiger partial charge in [-0.3, -0.25) is 9.59 Å². The van der Waals surface area contributed by atoms with Crippen molar-refractivity contribution in [2.24, 2.45) is 0 Å². The Hall–Kier alpha value is -2.58. The lowest BCUT2D eigenvalue weighted by Crippen LogP contribution is -2.37. The Bertz CT molecular complexity index is 957. The van der Waals surface area contributed by atoms with Gasteiger partial charge in [0.15, 0.2) is 5.78 Å². The third-order valence-electron chi connectivity index (χ3n) is 4.14. The predicted molar refractivity (Wildman–Crippen MR) is 93.9 cm³/mol. The Kier molecular flexibility index (Phi) is 4.88. The molecule has 0 spiro atoms. The van der Waals surface area contributed by atoms with Gasteiger partial charge < -0.3 is 4.90 Å². The van der Waals surface area contributed by atoms with Gasteiger partial charge in [-0.15, -0.1) is 0 Å². The minimum atomic E-state index is -3.84. The number of carbonyl (C=O) groups excluding carboxylic acids is 2. The summed E-state index contributed by atoms with van der Waals surface area (Å²) in [6.45, 7) is 1.51. The number of Topliss-reactive ketones (excluding diaryl/α,β-unsaturated/α-hetero) is 1. The maximum Gasteiger partial charge on any atom is 0.240 e. The van der Waals surface area contributed by atoms with Crippen LogP contribution in [0.5, 0.6) is 0 Å². The first kappa shape index (κ1) is 18.2. The standard InChI is InChI=1S/C18H17FN2O4S/c1-12(22)13-5-7-17(8-6-13)26(24,25)20-15-10-18(23)21(11-15)16-4-2-3-14(19)9-16/h2-9,15,20H,10-11H2,1H3/t15-/m1/s1. The number of nitrogens with one attached hydrogen (secondary N) is 1. The lowest BCUT2D eigenvalue weighted by Gasteiger charge is -2.17. The first-order valence-corrected chi connectivity index (χ1v) is 9.44. The normalized spacial score (nSPS) is 17.5. The lowest BCUT2D eigenvalue weighted by atomic mass is 10.2. The Morgan fingerprint density at radius 1 is 1.19 bits per heavy atom. The van der Waals surface area contributed by atoms with E-state index in [1.165, 1.54) is 54.3 Å². The summed E-state index contributed by atoms with van der Waals surface area (Å²) in [6, 6.07) is 10.5. The van der Waals surface area contributed by atoms with Gasteiger partial charge in [0.05, 0.1) is 4.90 Å². The topological polar surface area (TPSA) is 83.5 Å². The number of ketones is 1. The van der Waals surface area contributed by atoms with E-state index in [1.807, 2.05) is 0 Å². The largest absolute Gasteiger partial charge is 0.311 e. The minimum absolute atomic E-state index is 0.0126. The number of hydrogen-bond acceptors (Lipinski definition) is 4. The van der Waals surface area contributed by atoms with Gasteiger partial charge in [-0.05, 0) is 37.3 Å². The van der Waals surface area contributed by atoms with Crippen LogP contribution in [0.15, 0.2) is 53.4 Å². The van der Waals surface area contributed by atoms with Crippen LogP contribution in [0.3, 0.4) is 0 Å². The van der Waals surface area contributed by atoms with E-state index < -0.39 is 21.9 Å². The van der Waals surface area contributed by atoms with Gasteiger partial charge in [-0.2, -0.15) is 0 Å². The van der Waals surface area contributed by atoms with Crippen molar-refractivity contribution < 1.29 is 22.4 Å². The molecule has 136 valence electrons. The van der Waals surface area contributed by atoms with Gasteiger partial charge in [-0.25, -0.2) is 17.5 Å². The Morgan fingerprint density at radius 3 is 2.50 bits per heavy atom. The fourth-order valence-corrected chi connectivity index (χ4v) is 4.06. The summed E-state index contributed by atoms with van der Waals surface area (Å²) in [7, 11) is -3.84. The molecule has 0 saturated carbocycles. The van der Waals surface area contributed by atoms with Gasteiger partial charge >= 0.3 is 0 Å². The number of carbonyl (C=O) groups is 2. The Morgan fingerprint density at radius 2 is 1.88 bits per heavy atom. The van der Waals surface area contributed by atoms with Crippen molar-refractivity contribution in [2.75, 3.05) is 11.4 Å². The van der Waals surface area contributed by atoms with E-state index in [4.69, 9.17) is 0 Å². The lowest BCUT2D eigenvalue weighted by molar-refractivity contribution is -0.117. The SMILES string of the molecule is CC(=O)c1ccc(S(=O)(=O)N[C@@H]2CC(=O)N(c3cccc(F)c3)C2)cc1. The molecule has 1 aliphatic rings. The average molecular weight is 376 g/mol. The van der Waals surface area contributed by atoms with E-state index in [-0.39, 0.29) is 29.6 Å². The molecular formula is C18H17FN2O4S. The summed E-state index contributed by atoms with van der Waals surface area (Å²) < 4.78 is 40.8. The molecule has 8 heteroatoms. The molecule has 1 aliphatic heterocycles. The van der Waals surface area contributed by atoms with Gasteiger partial charge in [0.25, 0.3) is 0 Å². The van der Waals surface area contributed by atoms with Crippen LogP contribution in [0.4, 0.5) is 10.1 Å². The number of amides is 1. The predicted octanol–water partition coefficient (Wildman–Crippen LogP) is 2.11. The molecule has 26 heavy (non-hydrogen) atoms. The highest BCUT2D eigenvalue weighted by Gasteiger charge is 2.33. The number of benzene rings is 2. The average Bonchev–Trinajstić information content (AvgIpc) is 2.94. The molecule has 6 nitrogen and oxygen atoms in total. The highest BCUT2D eigenvalue weighted by Crippen LogP contribution is 2.23. The maximum atomic E-state index is 13.4. The monoisotopic (exact) mass is 376 g/mol. The van der Waals surface area contributed by atoms with Crippen molar-refractivity contribution >= 4 is 27.4 Å². The van der Waals surface area contributed by atoms with Crippen LogP contribution in [0.25, 0.3) is 0 Å². The number of halogens is 1. The van der Waals surface area contributed by atoms with E-state index in [0.29, 0.717) is 11.3 Å².